The maximum Gasteiger partial charge on any atom is 0.0931 e. The lowest BCUT2D eigenvalue weighted by Gasteiger charge is -2.11. The highest BCUT2D eigenvalue weighted by Crippen LogP contribution is 2.16. The Bertz CT molecular complexity index is 284. The number of benzene rings is 1. The number of rotatable bonds is 4. The Hall–Kier alpha value is -0.860. The Morgan fingerprint density at radius 1 is 1.14 bits per heavy atom. The summed E-state index contributed by atoms with van der Waals surface area (Å²) >= 11 is 0. The first-order valence-corrected chi connectivity index (χ1v) is 5.03. The molecule has 0 amide bonds. The average molecular weight is 193 g/mol. The zero-order valence-corrected chi connectivity index (χ0v) is 9.22. The minimum atomic E-state index is 0.0595. The highest BCUT2D eigenvalue weighted by molar-refractivity contribution is 5.37. The van der Waals surface area contributed by atoms with Gasteiger partial charge in [0.2, 0.25) is 0 Å². The Morgan fingerprint density at radius 2 is 1.71 bits per heavy atom. The number of aryl methyl sites for hydroxylation is 3. The van der Waals surface area contributed by atoms with Crippen LogP contribution in [0.5, 0.6) is 0 Å². The van der Waals surface area contributed by atoms with E-state index in [4.69, 9.17) is 5.11 Å². The van der Waals surface area contributed by atoms with Crippen molar-refractivity contribution in [3.63, 3.8) is 0 Å². The molecule has 1 rings (SSSR count). The van der Waals surface area contributed by atoms with E-state index in [0.29, 0.717) is 0 Å². The monoisotopic (exact) mass is 193 g/mol. The van der Waals surface area contributed by atoms with Crippen LogP contribution in [0.15, 0.2) is 12.1 Å². The van der Waals surface area contributed by atoms with Crippen molar-refractivity contribution in [3.8, 4) is 0 Å². The molecule has 0 fully saturated rings. The van der Waals surface area contributed by atoms with E-state index in [1.54, 1.807) is 0 Å². The van der Waals surface area contributed by atoms with E-state index in [-0.39, 0.29) is 6.73 Å². The second-order valence-electron chi connectivity index (χ2n) is 3.79. The van der Waals surface area contributed by atoms with Crippen LogP contribution in [0, 0.1) is 20.8 Å². The molecule has 0 unspecified atom stereocenters. The highest BCUT2D eigenvalue weighted by Gasteiger charge is 2.02. The molecule has 78 valence electrons. The van der Waals surface area contributed by atoms with Gasteiger partial charge in [-0.2, -0.15) is 0 Å². The molecule has 0 aliphatic carbocycles. The largest absolute Gasteiger partial charge is 0.381 e. The summed E-state index contributed by atoms with van der Waals surface area (Å²) in [4.78, 5) is 0. The Balaban J connectivity index is 2.75. The van der Waals surface area contributed by atoms with Gasteiger partial charge in [0.15, 0.2) is 0 Å². The third-order valence-electron chi connectivity index (χ3n) is 2.50. The zero-order chi connectivity index (χ0) is 10.6. The van der Waals surface area contributed by atoms with Crippen molar-refractivity contribution in [2.45, 2.75) is 27.2 Å². The van der Waals surface area contributed by atoms with Crippen LogP contribution in [0.4, 0.5) is 0 Å². The summed E-state index contributed by atoms with van der Waals surface area (Å²) in [6.07, 6.45) is 0.985. The first-order valence-electron chi connectivity index (χ1n) is 5.03. The summed E-state index contributed by atoms with van der Waals surface area (Å²) in [5.41, 5.74) is 5.42. The van der Waals surface area contributed by atoms with Gasteiger partial charge in [-0.05, 0) is 43.9 Å². The van der Waals surface area contributed by atoms with Gasteiger partial charge in [-0.3, -0.25) is 5.32 Å². The maximum absolute atomic E-state index is 8.62. The lowest BCUT2D eigenvalue weighted by Crippen LogP contribution is -2.18. The summed E-state index contributed by atoms with van der Waals surface area (Å²) in [5, 5.41) is 11.5. The third kappa shape index (κ3) is 2.82. The van der Waals surface area contributed by atoms with Crippen molar-refractivity contribution in [1.82, 2.24) is 5.32 Å². The second kappa shape index (κ2) is 5.13. The first-order chi connectivity index (χ1) is 6.65. The van der Waals surface area contributed by atoms with Crippen molar-refractivity contribution >= 4 is 0 Å². The normalized spacial score (nSPS) is 10.6. The van der Waals surface area contributed by atoms with E-state index in [1.807, 2.05) is 0 Å². The van der Waals surface area contributed by atoms with Gasteiger partial charge < -0.3 is 5.11 Å². The number of aliphatic hydroxyl groups excluding tert-OH is 1. The lowest BCUT2D eigenvalue weighted by atomic mass is 9.97. The molecule has 2 N–H and O–H groups in total. The van der Waals surface area contributed by atoms with Crippen LogP contribution < -0.4 is 5.32 Å². The first kappa shape index (κ1) is 11.2. The van der Waals surface area contributed by atoms with Crippen LogP contribution in [0.1, 0.15) is 22.3 Å². The molecule has 0 aliphatic rings. The molecule has 0 saturated heterocycles. The molecule has 14 heavy (non-hydrogen) atoms. The summed E-state index contributed by atoms with van der Waals surface area (Å²) in [5.74, 6) is 0. The molecule has 1 aromatic carbocycles. The summed E-state index contributed by atoms with van der Waals surface area (Å²) < 4.78 is 0. The molecule has 0 spiro atoms. The third-order valence-corrected chi connectivity index (χ3v) is 2.50. The predicted molar refractivity (Wildman–Crippen MR) is 59.4 cm³/mol. The van der Waals surface area contributed by atoms with Crippen LogP contribution in [0.2, 0.25) is 0 Å². The zero-order valence-electron chi connectivity index (χ0n) is 9.22. The maximum atomic E-state index is 8.62. The van der Waals surface area contributed by atoms with Gasteiger partial charge in [-0.25, -0.2) is 0 Å². The van der Waals surface area contributed by atoms with Crippen molar-refractivity contribution in [1.29, 1.82) is 0 Å². The van der Waals surface area contributed by atoms with Crippen molar-refractivity contribution in [3.05, 3.63) is 34.4 Å². The number of hydrogen-bond donors (Lipinski definition) is 2. The van der Waals surface area contributed by atoms with E-state index in [9.17, 15) is 0 Å². The van der Waals surface area contributed by atoms with E-state index in [1.165, 1.54) is 22.3 Å². The van der Waals surface area contributed by atoms with E-state index >= 15 is 0 Å². The molecule has 1 aromatic rings. The summed E-state index contributed by atoms with van der Waals surface area (Å²) in [6.45, 7) is 7.31. The van der Waals surface area contributed by atoms with Gasteiger partial charge in [0.1, 0.15) is 0 Å². The fourth-order valence-electron chi connectivity index (χ4n) is 1.90. The van der Waals surface area contributed by atoms with Gasteiger partial charge in [0, 0.05) is 6.54 Å². The van der Waals surface area contributed by atoms with Gasteiger partial charge in [0.25, 0.3) is 0 Å². The Morgan fingerprint density at radius 3 is 2.21 bits per heavy atom. The minimum absolute atomic E-state index is 0.0595. The van der Waals surface area contributed by atoms with Crippen molar-refractivity contribution < 1.29 is 5.11 Å². The van der Waals surface area contributed by atoms with Crippen LogP contribution in [-0.4, -0.2) is 18.4 Å². The Kier molecular flexibility index (Phi) is 4.11. The minimum Gasteiger partial charge on any atom is -0.381 e. The molecule has 0 aromatic heterocycles. The number of nitrogens with one attached hydrogen (secondary N) is 1. The summed E-state index contributed by atoms with van der Waals surface area (Å²) in [7, 11) is 0. The van der Waals surface area contributed by atoms with E-state index < -0.39 is 0 Å². The molecule has 0 radical (unpaired) electrons. The van der Waals surface area contributed by atoms with Crippen molar-refractivity contribution in [2.24, 2.45) is 0 Å². The fourth-order valence-corrected chi connectivity index (χ4v) is 1.90. The van der Waals surface area contributed by atoms with Gasteiger partial charge in [-0.1, -0.05) is 17.7 Å². The van der Waals surface area contributed by atoms with Crippen LogP contribution in [0.25, 0.3) is 0 Å². The van der Waals surface area contributed by atoms with Gasteiger partial charge >= 0.3 is 0 Å². The Labute approximate surface area is 86.0 Å². The molecule has 2 nitrogen and oxygen atoms in total. The average Bonchev–Trinajstić information content (AvgIpc) is 2.09. The van der Waals surface area contributed by atoms with Crippen molar-refractivity contribution in [2.75, 3.05) is 13.3 Å². The molecule has 2 heteroatoms. The van der Waals surface area contributed by atoms with Crippen LogP contribution >= 0.6 is 0 Å². The highest BCUT2D eigenvalue weighted by atomic mass is 16.3. The molecule has 0 saturated carbocycles. The molecule has 0 atom stereocenters. The van der Waals surface area contributed by atoms with Gasteiger partial charge in [-0.15, -0.1) is 0 Å². The smallest absolute Gasteiger partial charge is 0.0931 e. The van der Waals surface area contributed by atoms with Gasteiger partial charge in [0.05, 0.1) is 6.73 Å². The second-order valence-corrected chi connectivity index (χ2v) is 3.79. The quantitative estimate of drug-likeness (QED) is 0.563. The van der Waals surface area contributed by atoms with E-state index in [0.717, 1.165) is 13.0 Å². The topological polar surface area (TPSA) is 32.3 Å². The fraction of sp³-hybridized carbons (Fsp3) is 0.500. The summed E-state index contributed by atoms with van der Waals surface area (Å²) in [6, 6.07) is 4.42. The predicted octanol–water partition coefficient (Wildman–Crippen LogP) is 1.69. The van der Waals surface area contributed by atoms with Crippen LogP contribution in [0.3, 0.4) is 0 Å². The van der Waals surface area contributed by atoms with E-state index in [2.05, 4.69) is 38.2 Å². The standard InChI is InChI=1S/C12H19NO/c1-9-6-10(2)12(11(3)7-9)4-5-13-8-14/h6-7,13-14H,4-5,8H2,1-3H3. The number of aliphatic hydroxyl groups is 1. The molecule has 0 bridgehead atoms. The number of hydrogen-bond acceptors (Lipinski definition) is 2. The molecular weight excluding hydrogens is 174 g/mol. The molecule has 0 aliphatic heterocycles. The SMILES string of the molecule is Cc1cc(C)c(CCNCO)c(C)c1. The van der Waals surface area contributed by atoms with Crippen LogP contribution in [-0.2, 0) is 6.42 Å². The molecule has 0 heterocycles. The lowest BCUT2D eigenvalue weighted by molar-refractivity contribution is 0.262. The molecular formula is C12H19NO.